The molecule has 19 heavy (non-hydrogen) atoms. The summed E-state index contributed by atoms with van der Waals surface area (Å²) in [4.78, 5) is 15.9. The minimum absolute atomic E-state index is 0.0549. The molecular weight excluding hydrogens is 242 g/mol. The fraction of sp³-hybridized carbons (Fsp3) is 0.857. The van der Waals surface area contributed by atoms with E-state index in [4.69, 9.17) is 4.74 Å². The van der Waals surface area contributed by atoms with Crippen molar-refractivity contribution in [2.75, 3.05) is 13.1 Å². The molecular formula is C14H27N3O2. The third-order valence-electron chi connectivity index (χ3n) is 2.83. The number of carbonyl (C=O) groups excluding carboxylic acids is 1. The number of hydrogen-bond acceptors (Lipinski definition) is 3. The molecule has 0 aromatic heterocycles. The van der Waals surface area contributed by atoms with Gasteiger partial charge in [0.15, 0.2) is 5.96 Å². The molecule has 0 saturated heterocycles. The number of esters is 1. The molecule has 0 heterocycles. The van der Waals surface area contributed by atoms with Crippen molar-refractivity contribution in [2.45, 2.75) is 65.0 Å². The monoisotopic (exact) mass is 269 g/mol. The van der Waals surface area contributed by atoms with E-state index in [1.807, 2.05) is 27.7 Å². The number of hydrogen-bond donors (Lipinski definition) is 2. The molecule has 0 aliphatic heterocycles. The van der Waals surface area contributed by atoms with Gasteiger partial charge in [-0.3, -0.25) is 4.79 Å². The van der Waals surface area contributed by atoms with E-state index < -0.39 is 5.60 Å². The van der Waals surface area contributed by atoms with Gasteiger partial charge in [0.25, 0.3) is 0 Å². The van der Waals surface area contributed by atoms with Crippen molar-refractivity contribution >= 4 is 11.9 Å². The van der Waals surface area contributed by atoms with Crippen LogP contribution in [0.2, 0.25) is 0 Å². The van der Waals surface area contributed by atoms with E-state index in [1.165, 1.54) is 25.7 Å². The van der Waals surface area contributed by atoms with Gasteiger partial charge in [0.05, 0.1) is 0 Å². The van der Waals surface area contributed by atoms with E-state index in [0.717, 1.165) is 6.54 Å². The summed E-state index contributed by atoms with van der Waals surface area (Å²) in [6.45, 7) is 8.43. The second kappa shape index (κ2) is 7.36. The number of aliphatic imine (C=N–C) groups is 1. The van der Waals surface area contributed by atoms with Gasteiger partial charge >= 0.3 is 5.97 Å². The van der Waals surface area contributed by atoms with Gasteiger partial charge in [0, 0.05) is 12.6 Å². The Morgan fingerprint density at radius 3 is 2.47 bits per heavy atom. The molecule has 1 saturated carbocycles. The number of rotatable bonds is 4. The fourth-order valence-corrected chi connectivity index (χ4v) is 2.10. The molecule has 0 aromatic rings. The van der Waals surface area contributed by atoms with Crippen LogP contribution in [0.1, 0.15) is 53.4 Å². The normalized spacial score (nSPS) is 17.4. The van der Waals surface area contributed by atoms with Gasteiger partial charge in [-0.1, -0.05) is 12.8 Å². The van der Waals surface area contributed by atoms with Crippen molar-refractivity contribution in [3.05, 3.63) is 0 Å². The minimum Gasteiger partial charge on any atom is -0.459 e. The number of ether oxygens (including phenoxy) is 1. The summed E-state index contributed by atoms with van der Waals surface area (Å²) in [7, 11) is 0. The molecule has 1 fully saturated rings. The topological polar surface area (TPSA) is 62.7 Å². The molecule has 0 radical (unpaired) electrons. The molecule has 1 aliphatic carbocycles. The Balaban J connectivity index is 2.45. The van der Waals surface area contributed by atoms with Crippen LogP contribution in [0.4, 0.5) is 0 Å². The minimum atomic E-state index is -0.455. The average Bonchev–Trinajstić information content (AvgIpc) is 2.76. The summed E-state index contributed by atoms with van der Waals surface area (Å²) in [5.41, 5.74) is -0.455. The van der Waals surface area contributed by atoms with Gasteiger partial charge in [-0.25, -0.2) is 4.99 Å². The van der Waals surface area contributed by atoms with E-state index in [1.54, 1.807) is 0 Å². The quantitative estimate of drug-likeness (QED) is 0.464. The molecule has 1 aliphatic rings. The second-order valence-corrected chi connectivity index (χ2v) is 5.91. The fourth-order valence-electron chi connectivity index (χ4n) is 2.10. The van der Waals surface area contributed by atoms with Crippen molar-refractivity contribution in [1.29, 1.82) is 0 Å². The van der Waals surface area contributed by atoms with E-state index in [0.29, 0.717) is 12.0 Å². The Labute approximate surface area is 116 Å². The Bertz CT molecular complexity index is 315. The summed E-state index contributed by atoms with van der Waals surface area (Å²) in [6, 6.07) is 0.483. The van der Waals surface area contributed by atoms with Crippen LogP contribution in [0.15, 0.2) is 4.99 Å². The van der Waals surface area contributed by atoms with E-state index in [2.05, 4.69) is 15.6 Å². The van der Waals surface area contributed by atoms with Crippen molar-refractivity contribution in [3.63, 3.8) is 0 Å². The maximum atomic E-state index is 11.6. The third-order valence-corrected chi connectivity index (χ3v) is 2.83. The van der Waals surface area contributed by atoms with Crippen molar-refractivity contribution in [1.82, 2.24) is 10.6 Å². The number of guanidine groups is 1. The van der Waals surface area contributed by atoms with Gasteiger partial charge in [-0.2, -0.15) is 0 Å². The van der Waals surface area contributed by atoms with Crippen LogP contribution in [-0.2, 0) is 9.53 Å². The first-order valence-electron chi connectivity index (χ1n) is 7.17. The molecule has 0 aromatic carbocycles. The van der Waals surface area contributed by atoms with Crippen molar-refractivity contribution in [2.24, 2.45) is 4.99 Å². The van der Waals surface area contributed by atoms with E-state index in [9.17, 15) is 4.79 Å². The summed E-state index contributed by atoms with van der Waals surface area (Å²) in [5, 5.41) is 6.52. The molecule has 5 nitrogen and oxygen atoms in total. The Hall–Kier alpha value is -1.26. The zero-order valence-electron chi connectivity index (χ0n) is 12.6. The number of nitrogens with zero attached hydrogens (tertiary/aromatic N) is 1. The Morgan fingerprint density at radius 1 is 1.32 bits per heavy atom. The van der Waals surface area contributed by atoms with Crippen LogP contribution in [0.25, 0.3) is 0 Å². The van der Waals surface area contributed by atoms with Gasteiger partial charge in [-0.05, 0) is 40.5 Å². The third kappa shape index (κ3) is 7.03. The van der Waals surface area contributed by atoms with Crippen LogP contribution < -0.4 is 10.6 Å². The van der Waals surface area contributed by atoms with Crippen LogP contribution in [0.3, 0.4) is 0 Å². The van der Waals surface area contributed by atoms with E-state index in [-0.39, 0.29) is 12.5 Å². The highest BCUT2D eigenvalue weighted by Gasteiger charge is 2.18. The van der Waals surface area contributed by atoms with Gasteiger partial charge in [0.1, 0.15) is 12.1 Å². The van der Waals surface area contributed by atoms with Crippen molar-refractivity contribution in [3.8, 4) is 0 Å². The predicted octanol–water partition coefficient (Wildman–Crippen LogP) is 1.83. The predicted molar refractivity (Wildman–Crippen MR) is 77.2 cm³/mol. The standard InChI is InChI=1S/C14H27N3O2/c1-5-15-13(17-11-8-6-7-9-11)16-10-12(18)19-14(2,3)4/h11H,5-10H2,1-4H3,(H2,15,16,17). The molecule has 0 amide bonds. The number of carbonyl (C=O) groups is 1. The van der Waals surface area contributed by atoms with Crippen LogP contribution in [-0.4, -0.2) is 36.7 Å². The van der Waals surface area contributed by atoms with Gasteiger partial charge in [-0.15, -0.1) is 0 Å². The summed E-state index contributed by atoms with van der Waals surface area (Å²) >= 11 is 0. The smallest absolute Gasteiger partial charge is 0.328 e. The SMILES string of the molecule is CCNC(=NCC(=O)OC(C)(C)C)NC1CCCC1. The first-order valence-corrected chi connectivity index (χ1v) is 7.17. The van der Waals surface area contributed by atoms with Crippen LogP contribution in [0, 0.1) is 0 Å². The van der Waals surface area contributed by atoms with E-state index >= 15 is 0 Å². The lowest BCUT2D eigenvalue weighted by Crippen LogP contribution is -2.42. The summed E-state index contributed by atoms with van der Waals surface area (Å²) in [5.74, 6) is 0.413. The largest absolute Gasteiger partial charge is 0.459 e. The number of nitrogens with one attached hydrogen (secondary N) is 2. The Morgan fingerprint density at radius 2 is 1.95 bits per heavy atom. The molecule has 110 valence electrons. The highest BCUT2D eigenvalue weighted by molar-refractivity contribution is 5.83. The highest BCUT2D eigenvalue weighted by atomic mass is 16.6. The lowest BCUT2D eigenvalue weighted by Gasteiger charge is -2.19. The lowest BCUT2D eigenvalue weighted by atomic mass is 10.2. The molecule has 1 rings (SSSR count). The van der Waals surface area contributed by atoms with Crippen molar-refractivity contribution < 1.29 is 9.53 Å². The first kappa shape index (κ1) is 15.8. The maximum Gasteiger partial charge on any atom is 0.328 e. The van der Waals surface area contributed by atoms with Crippen LogP contribution >= 0.6 is 0 Å². The molecule has 0 spiro atoms. The summed E-state index contributed by atoms with van der Waals surface area (Å²) < 4.78 is 5.23. The molecule has 5 heteroatoms. The molecule has 0 atom stereocenters. The Kier molecular flexibility index (Phi) is 6.12. The zero-order chi connectivity index (χ0) is 14.3. The molecule has 0 bridgehead atoms. The second-order valence-electron chi connectivity index (χ2n) is 5.91. The first-order chi connectivity index (χ1) is 8.90. The lowest BCUT2D eigenvalue weighted by molar-refractivity contribution is -0.152. The summed E-state index contributed by atoms with van der Waals surface area (Å²) in [6.07, 6.45) is 4.89. The molecule has 2 N–H and O–H groups in total. The van der Waals surface area contributed by atoms with Gasteiger partial charge < -0.3 is 15.4 Å². The van der Waals surface area contributed by atoms with Gasteiger partial charge in [0.2, 0.25) is 0 Å². The highest BCUT2D eigenvalue weighted by Crippen LogP contribution is 2.17. The van der Waals surface area contributed by atoms with Crippen LogP contribution in [0.5, 0.6) is 0 Å². The maximum absolute atomic E-state index is 11.6. The average molecular weight is 269 g/mol. The zero-order valence-corrected chi connectivity index (χ0v) is 12.6. The molecule has 0 unspecified atom stereocenters.